The summed E-state index contributed by atoms with van der Waals surface area (Å²) < 4.78 is 6.30. The number of nitrogens with one attached hydrogen (secondary N) is 1. The van der Waals surface area contributed by atoms with E-state index in [1.165, 1.54) is 32.7 Å². The number of carbonyl (C=O) groups is 2. The highest BCUT2D eigenvalue weighted by molar-refractivity contribution is 5.79. The van der Waals surface area contributed by atoms with Crippen LogP contribution in [0, 0.1) is 6.92 Å². The fourth-order valence-electron chi connectivity index (χ4n) is 7.28. The molecule has 11 nitrogen and oxygen atoms in total. The van der Waals surface area contributed by atoms with Crippen LogP contribution in [0.4, 0.5) is 0 Å². The molecule has 2 amide bonds. The number of nitrogens with zero attached hydrogens (tertiary/aromatic N) is 2. The molecule has 2 aliphatic rings. The molecule has 5 rings (SSSR count). The second kappa shape index (κ2) is 19.1. The van der Waals surface area contributed by atoms with Gasteiger partial charge in [-0.25, -0.2) is 0 Å². The van der Waals surface area contributed by atoms with E-state index in [9.17, 15) is 30.0 Å². The van der Waals surface area contributed by atoms with Crippen molar-refractivity contribution >= 4 is 11.8 Å². The van der Waals surface area contributed by atoms with Crippen molar-refractivity contribution in [3.63, 3.8) is 0 Å². The Kier molecular flexibility index (Phi) is 14.6. The molecule has 1 heterocycles. The summed E-state index contributed by atoms with van der Waals surface area (Å²) in [4.78, 5) is 31.4. The summed E-state index contributed by atoms with van der Waals surface area (Å²) in [6, 6.07) is 17.1. The van der Waals surface area contributed by atoms with Gasteiger partial charge in [-0.2, -0.15) is 0 Å². The van der Waals surface area contributed by atoms with Gasteiger partial charge in [-0.3, -0.25) is 14.6 Å². The van der Waals surface area contributed by atoms with E-state index >= 15 is 0 Å². The van der Waals surface area contributed by atoms with Crippen LogP contribution in [0.2, 0.25) is 0 Å². The van der Waals surface area contributed by atoms with Gasteiger partial charge in [0.05, 0.1) is 12.7 Å². The molecule has 2 fully saturated rings. The lowest BCUT2D eigenvalue weighted by molar-refractivity contribution is -0.140. The molecule has 2 aliphatic carbocycles. The third-order valence-corrected chi connectivity index (χ3v) is 11.2. The Labute approximate surface area is 319 Å². The molecule has 0 bridgehead atoms. The van der Waals surface area contributed by atoms with E-state index in [4.69, 9.17) is 9.84 Å². The lowest BCUT2D eigenvalue weighted by Gasteiger charge is -2.30. The first-order valence-electron chi connectivity index (χ1n) is 19.6. The van der Waals surface area contributed by atoms with Gasteiger partial charge >= 0.3 is 0 Å². The number of aromatic nitrogens is 1. The van der Waals surface area contributed by atoms with Crippen LogP contribution >= 0.6 is 0 Å². The minimum absolute atomic E-state index is 0.0122. The molecule has 294 valence electrons. The minimum Gasteiger partial charge on any atom is -0.490 e. The predicted octanol–water partition coefficient (Wildman–Crippen LogP) is 4.33. The zero-order valence-corrected chi connectivity index (χ0v) is 32.0. The van der Waals surface area contributed by atoms with Crippen molar-refractivity contribution in [3.8, 4) is 16.9 Å². The second-order valence-electron chi connectivity index (χ2n) is 15.3. The van der Waals surface area contributed by atoms with E-state index in [0.29, 0.717) is 19.1 Å². The number of para-hydroxylation sites is 1. The molecule has 11 heteroatoms. The van der Waals surface area contributed by atoms with E-state index in [1.54, 1.807) is 6.92 Å². The number of aliphatic hydroxyl groups is 5. The summed E-state index contributed by atoms with van der Waals surface area (Å²) >= 11 is 0. The standard InChI is InChI=1S/C43H59N3O8/c1-4-45-39(50)18-23-46(26-36(48)41(52)42(53)37(49)27-47)40(51)11-7-8-28(2)30-13-12-29(3)31(24-30)16-19-43(20-21-43)35-25-44-22-17-33(35)34-9-5-6-10-38(34)54-32-14-15-32/h5-6,9-10,12-13,17,22,24-25,28,32,36-37,41-42,47-49,52-53H,4,7-8,11,14-16,18-21,23,26-27H2,1-3H3,(H,45,50)/t28?,36-,37+,41+,42+/m0/s1. The summed E-state index contributed by atoms with van der Waals surface area (Å²) in [7, 11) is 0. The van der Waals surface area contributed by atoms with Crippen molar-refractivity contribution in [2.24, 2.45) is 0 Å². The molecule has 0 spiro atoms. The van der Waals surface area contributed by atoms with Gasteiger partial charge in [0.1, 0.15) is 30.2 Å². The maximum Gasteiger partial charge on any atom is 0.222 e. The van der Waals surface area contributed by atoms with Gasteiger partial charge in [-0.1, -0.05) is 43.3 Å². The molecule has 1 unspecified atom stereocenters. The first kappa shape index (κ1) is 41.3. The first-order valence-corrected chi connectivity index (χ1v) is 19.6. The lowest BCUT2D eigenvalue weighted by Crippen LogP contribution is -2.51. The predicted molar refractivity (Wildman–Crippen MR) is 207 cm³/mol. The van der Waals surface area contributed by atoms with Crippen LogP contribution in [0.5, 0.6) is 5.75 Å². The maximum atomic E-state index is 13.4. The van der Waals surface area contributed by atoms with Gasteiger partial charge in [0, 0.05) is 50.4 Å². The number of aryl methyl sites for hydroxylation is 2. The van der Waals surface area contributed by atoms with Gasteiger partial charge in [-0.15, -0.1) is 0 Å². The molecule has 1 aromatic heterocycles. The Morgan fingerprint density at radius 3 is 2.44 bits per heavy atom. The molecule has 54 heavy (non-hydrogen) atoms. The van der Waals surface area contributed by atoms with Crippen molar-refractivity contribution in [2.45, 2.75) is 127 Å². The number of benzene rings is 2. The van der Waals surface area contributed by atoms with Gasteiger partial charge in [0.2, 0.25) is 11.8 Å². The van der Waals surface area contributed by atoms with Gasteiger partial charge in [0.15, 0.2) is 0 Å². The van der Waals surface area contributed by atoms with Crippen molar-refractivity contribution < 1.29 is 39.9 Å². The molecule has 0 aliphatic heterocycles. The van der Waals surface area contributed by atoms with Crippen LogP contribution in [-0.4, -0.2) is 104 Å². The maximum absolute atomic E-state index is 13.4. The summed E-state index contributed by atoms with van der Waals surface area (Å²) in [5, 5.41) is 52.5. The Bertz CT molecular complexity index is 1690. The fraction of sp³-hybridized carbons (Fsp3) is 0.558. The number of rotatable bonds is 22. The van der Waals surface area contributed by atoms with Crippen molar-refractivity contribution in [1.82, 2.24) is 15.2 Å². The zero-order valence-electron chi connectivity index (χ0n) is 32.0. The second-order valence-corrected chi connectivity index (χ2v) is 15.3. The molecule has 5 atom stereocenters. The Balaban J connectivity index is 1.19. The van der Waals surface area contributed by atoms with Gasteiger partial charge < -0.3 is 40.5 Å². The smallest absolute Gasteiger partial charge is 0.222 e. The lowest BCUT2D eigenvalue weighted by atomic mass is 9.84. The Morgan fingerprint density at radius 2 is 1.74 bits per heavy atom. The van der Waals surface area contributed by atoms with Crippen molar-refractivity contribution in [1.29, 1.82) is 0 Å². The molecule has 0 saturated heterocycles. The molecule has 3 aromatic rings. The van der Waals surface area contributed by atoms with Crippen molar-refractivity contribution in [2.75, 3.05) is 26.2 Å². The van der Waals surface area contributed by atoms with E-state index in [0.717, 1.165) is 56.3 Å². The van der Waals surface area contributed by atoms with Gasteiger partial charge in [0.25, 0.3) is 0 Å². The SMILES string of the molecule is CCNC(=O)CCN(C[C@H](O)[C@@H](O)[C@H](O)[C@H](O)CO)C(=O)CCCC(C)c1ccc(C)c(CCC2(c3cnccc3-c3ccccc3OC3CC3)CC2)c1. The van der Waals surface area contributed by atoms with Crippen LogP contribution in [0.15, 0.2) is 60.9 Å². The van der Waals surface area contributed by atoms with Crippen molar-refractivity contribution in [3.05, 3.63) is 83.2 Å². The number of hydrogen-bond donors (Lipinski definition) is 6. The molecular weight excluding hydrogens is 686 g/mol. The molecular formula is C43H59N3O8. The normalized spacial score (nSPS) is 17.6. The third-order valence-electron chi connectivity index (χ3n) is 11.2. The highest BCUT2D eigenvalue weighted by Crippen LogP contribution is 2.55. The molecule has 6 N–H and O–H groups in total. The number of pyridine rings is 1. The van der Waals surface area contributed by atoms with E-state index in [1.807, 2.05) is 12.3 Å². The summed E-state index contributed by atoms with van der Waals surface area (Å²) in [6.45, 7) is 5.43. The average Bonchev–Trinajstić information content (AvgIpc) is 4.13. The zero-order chi connectivity index (χ0) is 38.8. The third kappa shape index (κ3) is 10.9. The molecule has 0 radical (unpaired) electrons. The van der Waals surface area contributed by atoms with E-state index in [2.05, 4.69) is 72.8 Å². The van der Waals surface area contributed by atoms with Crippen LogP contribution in [0.3, 0.4) is 0 Å². The van der Waals surface area contributed by atoms with E-state index < -0.39 is 31.0 Å². The average molecular weight is 746 g/mol. The summed E-state index contributed by atoms with van der Waals surface area (Å²) in [5.74, 6) is 0.597. The topological polar surface area (TPSA) is 173 Å². The van der Waals surface area contributed by atoms with Crippen LogP contribution in [0.1, 0.15) is 99.8 Å². The van der Waals surface area contributed by atoms with Gasteiger partial charge in [-0.05, 0) is 116 Å². The Hall–Kier alpha value is -3.87. The summed E-state index contributed by atoms with van der Waals surface area (Å²) in [5.41, 5.74) is 7.50. The van der Waals surface area contributed by atoms with Crippen LogP contribution < -0.4 is 10.1 Å². The monoisotopic (exact) mass is 745 g/mol. The first-order chi connectivity index (χ1) is 26.0. The summed E-state index contributed by atoms with van der Waals surface area (Å²) in [6.07, 6.45) is 5.34. The highest BCUT2D eigenvalue weighted by atomic mass is 16.5. The number of aliphatic hydroxyl groups excluding tert-OH is 5. The number of carbonyl (C=O) groups excluding carboxylic acids is 2. The molecule has 2 saturated carbocycles. The highest BCUT2D eigenvalue weighted by Gasteiger charge is 2.45. The number of hydrogen-bond acceptors (Lipinski definition) is 9. The fourth-order valence-corrected chi connectivity index (χ4v) is 7.28. The Morgan fingerprint density at radius 1 is 1.00 bits per heavy atom. The quantitative estimate of drug-likeness (QED) is 0.0876. The molecule has 2 aromatic carbocycles. The van der Waals surface area contributed by atoms with Crippen LogP contribution in [-0.2, 0) is 21.4 Å². The number of amides is 2. The van der Waals surface area contributed by atoms with Crippen LogP contribution in [0.25, 0.3) is 11.1 Å². The van der Waals surface area contributed by atoms with E-state index in [-0.39, 0.29) is 49.1 Å². The minimum atomic E-state index is -1.80. The largest absolute Gasteiger partial charge is 0.490 e. The number of ether oxygens (including phenoxy) is 1.